The van der Waals surface area contributed by atoms with Gasteiger partial charge in [0.2, 0.25) is 15.0 Å². The molecule has 0 radical (unpaired) electrons. The van der Waals surface area contributed by atoms with Crippen LogP contribution in [0.2, 0.25) is 30.9 Å². The maximum Gasteiger partial charge on any atom is 0.343 e. The van der Waals surface area contributed by atoms with Crippen molar-refractivity contribution in [3.8, 4) is 0 Å². The molecule has 0 aliphatic rings. The zero-order chi connectivity index (χ0) is 46.3. The van der Waals surface area contributed by atoms with E-state index in [0.29, 0.717) is 6.61 Å². The van der Waals surface area contributed by atoms with Crippen LogP contribution in [-0.4, -0.2) is 104 Å². The molecule has 0 atom stereocenters. The number of rotatable bonds is 10. The highest BCUT2D eigenvalue weighted by Crippen LogP contribution is 2.24. The standard InChI is InChI=1S/C13H13Cl2FN2O3.C7H13NO2.C6HCl3FNO.C6H2Cl2FNO2.CH4.Cl2OS/c1-4-21-13(20)8(6-18(2)3)10(19)7-5-9(16)12(15)17-11(7)14;1-4-10-7(9)5-6-8(2)3;7-4-2(6(9)12)1-3(10)5(8)11-4;7-4-2(6(11)12)1-3(9)5(8)10-4;;1-4(2)3/h5-6H,4H2,1-3H3;5-6H,4H2,1-3H3;1H;1H,(H,11,12);1H4;/b8-6-;6-5+;;;;. The van der Waals surface area contributed by atoms with Crippen molar-refractivity contribution < 1.29 is 55.9 Å². The van der Waals surface area contributed by atoms with Crippen LogP contribution in [-0.2, 0) is 28.3 Å². The van der Waals surface area contributed by atoms with Gasteiger partial charge in [0.1, 0.15) is 21.0 Å². The van der Waals surface area contributed by atoms with Crippen molar-refractivity contribution in [3.05, 3.63) is 107 Å². The highest BCUT2D eigenvalue weighted by molar-refractivity contribution is 8.26. The van der Waals surface area contributed by atoms with E-state index in [2.05, 4.69) is 41.1 Å². The largest absolute Gasteiger partial charge is 0.478 e. The number of ketones is 1. The number of pyridine rings is 3. The van der Waals surface area contributed by atoms with Crippen molar-refractivity contribution in [3.63, 3.8) is 0 Å². The Labute approximate surface area is 388 Å². The van der Waals surface area contributed by atoms with E-state index in [9.17, 15) is 37.1 Å². The molecule has 3 rings (SSSR count). The Balaban J connectivity index is -0.000000725. The molecular weight excluding hydrogens is 1020 g/mol. The van der Waals surface area contributed by atoms with Gasteiger partial charge >= 0.3 is 17.9 Å². The lowest BCUT2D eigenvalue weighted by molar-refractivity contribution is -0.138. The Morgan fingerprint density at radius 2 is 1.07 bits per heavy atom. The first-order valence-electron chi connectivity index (χ1n) is 15.0. The zero-order valence-electron chi connectivity index (χ0n) is 30.8. The van der Waals surface area contributed by atoms with Gasteiger partial charge < -0.3 is 24.4 Å². The SMILES string of the molecule is C.CCOC(=O)/C(=C\N(C)C)C(=O)c1cc(F)c(Cl)nc1Cl.CCOC(=O)/C=C/N(C)C.O=C(Cl)c1cc(F)c(Cl)nc1Cl.O=C(O)c1cc(F)c(Cl)nc1Cl.O=S(Cl)Cl. The summed E-state index contributed by atoms with van der Waals surface area (Å²) in [6, 6.07) is 2.40. The van der Waals surface area contributed by atoms with Crippen molar-refractivity contribution in [1.29, 1.82) is 0 Å². The molecule has 0 aliphatic heterocycles. The van der Waals surface area contributed by atoms with Crippen molar-refractivity contribution in [2.45, 2.75) is 21.3 Å². The quantitative estimate of drug-likeness (QED) is 0.0384. The fourth-order valence-electron chi connectivity index (χ4n) is 3.00. The van der Waals surface area contributed by atoms with Gasteiger partial charge in [-0.15, -0.1) is 0 Å². The van der Waals surface area contributed by atoms with Crippen LogP contribution in [0, 0.1) is 17.5 Å². The van der Waals surface area contributed by atoms with Crippen LogP contribution in [0.25, 0.3) is 0 Å². The minimum absolute atomic E-state index is 0. The number of Topliss-reactive ketones (excluding diaryl/α,β-unsaturated/α-hetero) is 1. The van der Waals surface area contributed by atoms with Gasteiger partial charge in [0.05, 0.1) is 29.9 Å². The van der Waals surface area contributed by atoms with Gasteiger partial charge in [-0.05, 0) is 43.6 Å². The fraction of sp³-hybridized carbons (Fsp3) is 0.273. The van der Waals surface area contributed by atoms with E-state index in [1.165, 1.54) is 17.2 Å². The Bertz CT molecular complexity index is 1980. The number of nitrogens with zero attached hydrogens (tertiary/aromatic N) is 5. The van der Waals surface area contributed by atoms with Gasteiger partial charge in [-0.25, -0.2) is 46.7 Å². The third-order valence-electron chi connectivity index (χ3n) is 5.27. The van der Waals surface area contributed by atoms with Crippen LogP contribution < -0.4 is 0 Å². The number of halogens is 12. The van der Waals surface area contributed by atoms with Gasteiger partial charge in [-0.1, -0.05) is 77.0 Å². The van der Waals surface area contributed by atoms with E-state index in [1.807, 2.05) is 14.1 Å². The third-order valence-corrected chi connectivity index (χ3v) is 7.13. The zero-order valence-corrected chi connectivity index (χ0v) is 38.4. The first-order valence-corrected chi connectivity index (χ1v) is 20.5. The summed E-state index contributed by atoms with van der Waals surface area (Å²) in [5.41, 5.74) is -1.15. The van der Waals surface area contributed by atoms with Crippen molar-refractivity contribution in [1.82, 2.24) is 24.8 Å². The first-order chi connectivity index (χ1) is 27.2. The average molecular weight is 1050 g/mol. The van der Waals surface area contributed by atoms with E-state index in [-0.39, 0.29) is 57.3 Å². The minimum atomic E-state index is -1.67. The number of aromatic nitrogens is 3. The number of esters is 2. The lowest BCUT2D eigenvalue weighted by Gasteiger charge is -2.11. The molecule has 0 bridgehead atoms. The van der Waals surface area contributed by atoms with Crippen molar-refractivity contribution in [2.75, 3.05) is 41.4 Å². The van der Waals surface area contributed by atoms with Crippen molar-refractivity contribution in [2.24, 2.45) is 0 Å². The summed E-state index contributed by atoms with van der Waals surface area (Å²) < 4.78 is 57.2. The molecule has 14 nitrogen and oxygen atoms in total. The van der Waals surface area contributed by atoms with E-state index >= 15 is 0 Å². The summed E-state index contributed by atoms with van der Waals surface area (Å²) in [6.45, 7) is 3.90. The number of hydrogen-bond acceptors (Lipinski definition) is 13. The molecule has 3 heterocycles. The molecule has 0 aliphatic carbocycles. The van der Waals surface area contributed by atoms with Crippen LogP contribution in [0.15, 0.2) is 42.2 Å². The Morgan fingerprint density at radius 1 is 0.700 bits per heavy atom. The molecule has 0 saturated carbocycles. The molecule has 3 aromatic heterocycles. The molecule has 0 spiro atoms. The normalized spacial score (nSPS) is 10.2. The minimum Gasteiger partial charge on any atom is -0.478 e. The molecule has 0 aromatic carbocycles. The van der Waals surface area contributed by atoms with Gasteiger partial charge in [-0.3, -0.25) is 9.59 Å². The molecule has 1 N–H and O–H groups in total. The molecule has 3 aromatic rings. The fourth-order valence-corrected chi connectivity index (χ4v) is 4.41. The maximum absolute atomic E-state index is 13.4. The predicted molar refractivity (Wildman–Crippen MR) is 229 cm³/mol. The lowest BCUT2D eigenvalue weighted by atomic mass is 10.1. The summed E-state index contributed by atoms with van der Waals surface area (Å²) in [5, 5.41) is 5.47. The van der Waals surface area contributed by atoms with Crippen LogP contribution in [0.5, 0.6) is 0 Å². The highest BCUT2D eigenvalue weighted by atomic mass is 36.0. The second-order valence-electron chi connectivity index (χ2n) is 10.1. The second kappa shape index (κ2) is 31.6. The number of carbonyl (C=O) groups excluding carboxylic acids is 4. The monoisotopic (exact) mass is 1050 g/mol. The molecular formula is C33H33Cl9F3N5O9S. The summed E-state index contributed by atoms with van der Waals surface area (Å²) in [7, 11) is 14.3. The molecule has 60 heavy (non-hydrogen) atoms. The number of carbonyl (C=O) groups is 5. The van der Waals surface area contributed by atoms with Crippen LogP contribution in [0.1, 0.15) is 52.3 Å². The summed E-state index contributed by atoms with van der Waals surface area (Å²) in [5.74, 6) is -5.90. The van der Waals surface area contributed by atoms with Crippen LogP contribution >= 0.6 is 103 Å². The summed E-state index contributed by atoms with van der Waals surface area (Å²) >= 11 is 37.6. The number of hydrogen-bond donors (Lipinski definition) is 1. The first kappa shape index (κ1) is 61.1. The Hall–Kier alpha value is -3.17. The second-order valence-corrected chi connectivity index (χ2v) is 15.2. The topological polar surface area (TPSA) is 186 Å². The molecule has 0 amide bonds. The average Bonchev–Trinajstić information content (AvgIpc) is 3.11. The Kier molecular flexibility index (Phi) is 32.2. The van der Waals surface area contributed by atoms with E-state index in [0.717, 1.165) is 18.2 Å². The van der Waals surface area contributed by atoms with Gasteiger partial charge in [-0.2, -0.15) is 0 Å². The molecule has 0 unspecified atom stereocenters. The summed E-state index contributed by atoms with van der Waals surface area (Å²) in [4.78, 5) is 69.1. The lowest BCUT2D eigenvalue weighted by Crippen LogP contribution is -2.20. The van der Waals surface area contributed by atoms with Gasteiger partial charge in [0.15, 0.2) is 32.9 Å². The summed E-state index contributed by atoms with van der Waals surface area (Å²) in [6.07, 6.45) is 4.31. The maximum atomic E-state index is 13.4. The van der Waals surface area contributed by atoms with Crippen molar-refractivity contribution >= 4 is 141 Å². The number of aromatic carboxylic acids is 1. The van der Waals surface area contributed by atoms with Gasteiger partial charge in [0.25, 0.3) is 5.24 Å². The van der Waals surface area contributed by atoms with Crippen LogP contribution in [0.4, 0.5) is 13.2 Å². The number of ether oxygens (including phenoxy) is 2. The van der Waals surface area contributed by atoms with E-state index < -0.39 is 65.5 Å². The van der Waals surface area contributed by atoms with Crippen LogP contribution in [0.3, 0.4) is 0 Å². The predicted octanol–water partition coefficient (Wildman–Crippen LogP) is 10.2. The third kappa shape index (κ3) is 24.9. The molecule has 0 fully saturated rings. The number of carboxylic acids is 1. The van der Waals surface area contributed by atoms with E-state index in [4.69, 9.17) is 95.3 Å². The molecule has 0 saturated heterocycles. The number of carboxylic acid groups (broad SMARTS) is 1. The Morgan fingerprint density at radius 3 is 1.42 bits per heavy atom. The highest BCUT2D eigenvalue weighted by Gasteiger charge is 2.25. The molecule has 27 heteroatoms. The smallest absolute Gasteiger partial charge is 0.343 e. The van der Waals surface area contributed by atoms with E-state index in [1.54, 1.807) is 39.0 Å². The molecule has 334 valence electrons. The van der Waals surface area contributed by atoms with Gasteiger partial charge in [0, 0.05) is 68.0 Å².